The summed E-state index contributed by atoms with van der Waals surface area (Å²) in [6, 6.07) is 5.70. The smallest absolute Gasteiger partial charge is 0.213 e. The summed E-state index contributed by atoms with van der Waals surface area (Å²) >= 11 is 0. The Hall–Kier alpha value is -2.20. The monoisotopic (exact) mass is 393 g/mol. The molecule has 27 heavy (non-hydrogen) atoms. The Labute approximate surface area is 159 Å². The Bertz CT molecular complexity index is 874. The Morgan fingerprint density at radius 3 is 2.89 bits per heavy atom. The van der Waals surface area contributed by atoms with Crippen molar-refractivity contribution in [2.45, 2.75) is 32.7 Å². The van der Waals surface area contributed by atoms with Crippen LogP contribution < -0.4 is 15.4 Å². The molecule has 0 saturated heterocycles. The van der Waals surface area contributed by atoms with E-state index in [9.17, 15) is 8.42 Å². The maximum absolute atomic E-state index is 12.1. The average Bonchev–Trinajstić information content (AvgIpc) is 3.01. The van der Waals surface area contributed by atoms with Crippen LogP contribution in [0.2, 0.25) is 0 Å². The van der Waals surface area contributed by atoms with E-state index in [-0.39, 0.29) is 12.3 Å². The predicted molar refractivity (Wildman–Crippen MR) is 105 cm³/mol. The van der Waals surface area contributed by atoms with Gasteiger partial charge in [0, 0.05) is 25.8 Å². The van der Waals surface area contributed by atoms with Crippen molar-refractivity contribution in [2.24, 2.45) is 10.9 Å². The summed E-state index contributed by atoms with van der Waals surface area (Å²) in [5.41, 5.74) is 0.768. The van der Waals surface area contributed by atoms with Crippen molar-refractivity contribution in [1.29, 1.82) is 0 Å². The van der Waals surface area contributed by atoms with Gasteiger partial charge >= 0.3 is 0 Å². The van der Waals surface area contributed by atoms with E-state index in [0.29, 0.717) is 31.5 Å². The lowest BCUT2D eigenvalue weighted by Gasteiger charge is -2.25. The topological polar surface area (TPSA) is 113 Å². The SMILES string of the molecule is CCNC(=NCc1nnc2ccccn12)NCCS(=O)(=O)NCC1CCC1. The van der Waals surface area contributed by atoms with Gasteiger partial charge < -0.3 is 10.6 Å². The molecule has 0 aliphatic heterocycles. The largest absolute Gasteiger partial charge is 0.357 e. The number of nitrogens with zero attached hydrogens (tertiary/aromatic N) is 4. The molecule has 0 atom stereocenters. The number of guanidine groups is 1. The molecule has 0 aromatic carbocycles. The lowest BCUT2D eigenvalue weighted by Crippen LogP contribution is -2.42. The van der Waals surface area contributed by atoms with E-state index in [1.807, 2.05) is 35.7 Å². The van der Waals surface area contributed by atoms with E-state index in [4.69, 9.17) is 0 Å². The van der Waals surface area contributed by atoms with Crippen LogP contribution in [-0.4, -0.2) is 54.4 Å². The number of nitrogens with one attached hydrogen (secondary N) is 3. The second-order valence-electron chi connectivity index (χ2n) is 6.63. The van der Waals surface area contributed by atoms with Crippen LogP contribution in [0.25, 0.3) is 5.65 Å². The Balaban J connectivity index is 1.51. The van der Waals surface area contributed by atoms with Gasteiger partial charge in [0.2, 0.25) is 10.0 Å². The fourth-order valence-electron chi connectivity index (χ4n) is 2.81. The summed E-state index contributed by atoms with van der Waals surface area (Å²) in [5.74, 6) is 1.79. The van der Waals surface area contributed by atoms with Gasteiger partial charge in [0.25, 0.3) is 0 Å². The molecule has 2 aromatic rings. The Kier molecular flexibility index (Phi) is 6.62. The zero-order chi connectivity index (χ0) is 19.1. The molecule has 1 fully saturated rings. The molecular weight excluding hydrogens is 366 g/mol. The number of hydrogen-bond donors (Lipinski definition) is 3. The zero-order valence-electron chi connectivity index (χ0n) is 15.6. The summed E-state index contributed by atoms with van der Waals surface area (Å²) in [6.07, 6.45) is 5.34. The van der Waals surface area contributed by atoms with Crippen molar-refractivity contribution < 1.29 is 8.42 Å². The molecule has 10 heteroatoms. The van der Waals surface area contributed by atoms with E-state index < -0.39 is 10.0 Å². The average molecular weight is 394 g/mol. The Morgan fingerprint density at radius 2 is 2.15 bits per heavy atom. The number of hydrogen-bond acceptors (Lipinski definition) is 5. The molecule has 9 nitrogen and oxygen atoms in total. The van der Waals surface area contributed by atoms with Gasteiger partial charge in [0.05, 0.1) is 5.75 Å². The number of aliphatic imine (C=N–C) groups is 1. The van der Waals surface area contributed by atoms with Crippen LogP contribution in [0, 0.1) is 5.92 Å². The maximum atomic E-state index is 12.1. The second kappa shape index (κ2) is 9.14. The highest BCUT2D eigenvalue weighted by Crippen LogP contribution is 2.25. The third kappa shape index (κ3) is 5.64. The van der Waals surface area contributed by atoms with Crippen molar-refractivity contribution in [3.8, 4) is 0 Å². The first-order valence-corrected chi connectivity index (χ1v) is 11.0. The molecule has 0 unspecified atom stereocenters. The van der Waals surface area contributed by atoms with Gasteiger partial charge in [-0.15, -0.1) is 10.2 Å². The van der Waals surface area contributed by atoms with Gasteiger partial charge in [-0.2, -0.15) is 0 Å². The minimum absolute atomic E-state index is 0.0119. The number of sulfonamides is 1. The van der Waals surface area contributed by atoms with Gasteiger partial charge in [-0.05, 0) is 37.8 Å². The molecule has 0 spiro atoms. The van der Waals surface area contributed by atoms with Gasteiger partial charge in [-0.25, -0.2) is 18.1 Å². The highest BCUT2D eigenvalue weighted by Gasteiger charge is 2.20. The van der Waals surface area contributed by atoms with Gasteiger partial charge in [-0.1, -0.05) is 12.5 Å². The van der Waals surface area contributed by atoms with Crippen molar-refractivity contribution in [3.63, 3.8) is 0 Å². The van der Waals surface area contributed by atoms with Crippen LogP contribution in [-0.2, 0) is 16.6 Å². The lowest BCUT2D eigenvalue weighted by molar-refractivity contribution is 0.316. The molecule has 148 valence electrons. The predicted octanol–water partition coefficient (Wildman–Crippen LogP) is 0.504. The number of pyridine rings is 1. The van der Waals surface area contributed by atoms with E-state index in [1.165, 1.54) is 6.42 Å². The summed E-state index contributed by atoms with van der Waals surface area (Å²) in [4.78, 5) is 4.48. The van der Waals surface area contributed by atoms with Gasteiger partial charge in [0.15, 0.2) is 17.4 Å². The normalized spacial score (nSPS) is 15.7. The molecule has 0 radical (unpaired) electrons. The van der Waals surface area contributed by atoms with Crippen LogP contribution in [0.15, 0.2) is 29.4 Å². The second-order valence-corrected chi connectivity index (χ2v) is 8.56. The van der Waals surface area contributed by atoms with Crippen molar-refractivity contribution in [2.75, 3.05) is 25.4 Å². The molecule has 0 bridgehead atoms. The van der Waals surface area contributed by atoms with Crippen molar-refractivity contribution in [3.05, 3.63) is 30.2 Å². The molecule has 1 aliphatic carbocycles. The zero-order valence-corrected chi connectivity index (χ0v) is 16.4. The van der Waals surface area contributed by atoms with Crippen LogP contribution in [0.4, 0.5) is 0 Å². The van der Waals surface area contributed by atoms with E-state index in [0.717, 1.165) is 24.3 Å². The Morgan fingerprint density at radius 1 is 1.30 bits per heavy atom. The third-order valence-corrected chi connectivity index (χ3v) is 5.94. The summed E-state index contributed by atoms with van der Waals surface area (Å²) in [7, 11) is -3.27. The molecule has 1 aliphatic rings. The summed E-state index contributed by atoms with van der Waals surface area (Å²) < 4.78 is 28.7. The fraction of sp³-hybridized carbons (Fsp3) is 0.588. The number of fused-ring (bicyclic) bond motifs is 1. The minimum atomic E-state index is -3.27. The quantitative estimate of drug-likeness (QED) is 0.422. The third-order valence-electron chi connectivity index (χ3n) is 4.59. The summed E-state index contributed by atoms with van der Waals surface area (Å²) in [5, 5.41) is 14.4. The summed E-state index contributed by atoms with van der Waals surface area (Å²) in [6.45, 7) is 3.82. The molecule has 3 rings (SSSR count). The van der Waals surface area contributed by atoms with E-state index in [1.54, 1.807) is 0 Å². The fourth-order valence-corrected chi connectivity index (χ4v) is 3.81. The van der Waals surface area contributed by atoms with Crippen LogP contribution >= 0.6 is 0 Å². The molecule has 2 aromatic heterocycles. The van der Waals surface area contributed by atoms with E-state index >= 15 is 0 Å². The lowest BCUT2D eigenvalue weighted by atomic mass is 9.86. The molecule has 2 heterocycles. The minimum Gasteiger partial charge on any atom is -0.357 e. The van der Waals surface area contributed by atoms with Crippen LogP contribution in [0.1, 0.15) is 32.0 Å². The number of aromatic nitrogens is 3. The van der Waals surface area contributed by atoms with Crippen molar-refractivity contribution >= 4 is 21.6 Å². The number of rotatable bonds is 9. The molecule has 1 saturated carbocycles. The standard InChI is InChI=1S/C17H27N7O2S/c1-2-18-17(19-9-11-27(25,26)21-12-14-6-5-7-14)20-13-16-23-22-15-8-3-4-10-24(15)16/h3-4,8,10,14,21H,2,5-7,9,11-13H2,1H3,(H2,18,19,20). The first-order valence-electron chi connectivity index (χ1n) is 9.35. The highest BCUT2D eigenvalue weighted by atomic mass is 32.2. The highest BCUT2D eigenvalue weighted by molar-refractivity contribution is 7.89. The maximum Gasteiger partial charge on any atom is 0.213 e. The molecule has 3 N–H and O–H groups in total. The van der Waals surface area contributed by atoms with Gasteiger partial charge in [-0.3, -0.25) is 4.40 Å². The van der Waals surface area contributed by atoms with Gasteiger partial charge in [0.1, 0.15) is 6.54 Å². The molecule has 0 amide bonds. The van der Waals surface area contributed by atoms with Crippen LogP contribution in [0.5, 0.6) is 0 Å². The van der Waals surface area contributed by atoms with E-state index in [2.05, 4.69) is 30.5 Å². The van der Waals surface area contributed by atoms with Crippen LogP contribution in [0.3, 0.4) is 0 Å². The first kappa shape index (κ1) is 19.6. The van der Waals surface area contributed by atoms with Crippen molar-refractivity contribution in [1.82, 2.24) is 30.0 Å². The first-order chi connectivity index (χ1) is 13.1. The molecular formula is C17H27N7O2S.